The van der Waals surface area contributed by atoms with Gasteiger partial charge in [0, 0.05) is 5.02 Å². The molecule has 1 N–H and O–H groups in total. The maximum Gasteiger partial charge on any atom is 0.343 e. The Kier molecular flexibility index (Phi) is 10.8. The van der Waals surface area contributed by atoms with E-state index in [2.05, 4.69) is 10.5 Å². The molecule has 8 nitrogen and oxygen atoms in total. The number of nitrogens with zero attached hydrogens (tertiary/aromatic N) is 1. The summed E-state index contributed by atoms with van der Waals surface area (Å²) in [5.41, 5.74) is 3.41. The van der Waals surface area contributed by atoms with E-state index in [1.54, 1.807) is 61.5 Å². The number of esters is 1. The summed E-state index contributed by atoms with van der Waals surface area (Å²) >= 11 is 12.0. The molecule has 3 aromatic rings. The highest BCUT2D eigenvalue weighted by atomic mass is 35.5. The van der Waals surface area contributed by atoms with Crippen LogP contribution in [0.3, 0.4) is 0 Å². The van der Waals surface area contributed by atoms with E-state index in [1.165, 1.54) is 12.3 Å². The Hall–Kier alpha value is -3.75. The minimum absolute atomic E-state index is 0.256. The number of rotatable bonds is 12. The molecule has 0 unspecified atom stereocenters. The molecule has 0 aromatic heterocycles. The first-order valence-electron chi connectivity index (χ1n) is 12.0. The second-order valence-electron chi connectivity index (χ2n) is 7.97. The van der Waals surface area contributed by atoms with Gasteiger partial charge in [-0.2, -0.15) is 5.10 Å². The van der Waals surface area contributed by atoms with Crippen LogP contribution < -0.4 is 24.4 Å². The largest absolute Gasteiger partial charge is 0.494 e. The van der Waals surface area contributed by atoms with Crippen LogP contribution in [0.25, 0.3) is 0 Å². The molecule has 3 aromatic carbocycles. The lowest BCUT2D eigenvalue weighted by Crippen LogP contribution is -2.33. The highest BCUT2D eigenvalue weighted by Crippen LogP contribution is 2.30. The van der Waals surface area contributed by atoms with Crippen molar-refractivity contribution in [3.05, 3.63) is 81.8 Å². The summed E-state index contributed by atoms with van der Waals surface area (Å²) < 4.78 is 22.3. The molecular weight excluding hydrogens is 531 g/mol. The van der Waals surface area contributed by atoms with Crippen molar-refractivity contribution in [2.75, 3.05) is 13.2 Å². The fourth-order valence-corrected chi connectivity index (χ4v) is 3.55. The number of benzene rings is 3. The number of carbonyl (C=O) groups is 2. The summed E-state index contributed by atoms with van der Waals surface area (Å²) in [6, 6.07) is 16.4. The number of halogens is 2. The molecule has 38 heavy (non-hydrogen) atoms. The zero-order valence-corrected chi connectivity index (χ0v) is 22.7. The molecule has 0 heterocycles. The topological polar surface area (TPSA) is 95.5 Å². The maximum absolute atomic E-state index is 12.6. The fraction of sp³-hybridized carbons (Fsp3) is 0.250. The number of nitrogens with one attached hydrogen (secondary N) is 1. The van der Waals surface area contributed by atoms with Gasteiger partial charge in [-0.15, -0.1) is 0 Å². The number of carbonyl (C=O) groups excluding carboxylic acids is 2. The molecule has 0 saturated carbocycles. The molecule has 0 fully saturated rings. The zero-order chi connectivity index (χ0) is 27.5. The van der Waals surface area contributed by atoms with Gasteiger partial charge in [-0.25, -0.2) is 10.2 Å². The van der Waals surface area contributed by atoms with Crippen LogP contribution in [-0.2, 0) is 4.79 Å². The van der Waals surface area contributed by atoms with Crippen molar-refractivity contribution >= 4 is 41.3 Å². The number of hydrogen-bond acceptors (Lipinski definition) is 7. The van der Waals surface area contributed by atoms with E-state index in [0.717, 1.165) is 6.42 Å². The Labute approximate surface area is 231 Å². The minimum atomic E-state index is -0.862. The van der Waals surface area contributed by atoms with Gasteiger partial charge in [0.25, 0.3) is 5.91 Å². The van der Waals surface area contributed by atoms with Gasteiger partial charge in [0.2, 0.25) is 0 Å². The lowest BCUT2D eigenvalue weighted by atomic mass is 10.2. The normalized spacial score (nSPS) is 11.6. The maximum atomic E-state index is 12.6. The van der Waals surface area contributed by atoms with Gasteiger partial charge in [-0.05, 0) is 86.5 Å². The van der Waals surface area contributed by atoms with E-state index in [9.17, 15) is 9.59 Å². The van der Waals surface area contributed by atoms with Crippen LogP contribution in [0.1, 0.15) is 43.1 Å². The second kappa shape index (κ2) is 14.3. The van der Waals surface area contributed by atoms with Crippen LogP contribution in [0.2, 0.25) is 10.0 Å². The molecule has 1 atom stereocenters. The number of hydrogen-bond donors (Lipinski definition) is 1. The highest BCUT2D eigenvalue weighted by Gasteiger charge is 2.16. The van der Waals surface area contributed by atoms with Crippen LogP contribution >= 0.6 is 23.2 Å². The first-order chi connectivity index (χ1) is 18.3. The van der Waals surface area contributed by atoms with Crippen molar-refractivity contribution in [3.63, 3.8) is 0 Å². The van der Waals surface area contributed by atoms with Crippen molar-refractivity contribution in [1.82, 2.24) is 5.43 Å². The summed E-state index contributed by atoms with van der Waals surface area (Å²) in [6.07, 6.45) is 1.46. The summed E-state index contributed by atoms with van der Waals surface area (Å²) in [5.74, 6) is 0.614. The van der Waals surface area contributed by atoms with E-state index in [1.807, 2.05) is 13.8 Å². The Morgan fingerprint density at radius 2 is 1.68 bits per heavy atom. The van der Waals surface area contributed by atoms with Gasteiger partial charge in [-0.1, -0.05) is 30.1 Å². The van der Waals surface area contributed by atoms with Crippen molar-refractivity contribution < 1.29 is 28.5 Å². The monoisotopic (exact) mass is 558 g/mol. The zero-order valence-electron chi connectivity index (χ0n) is 21.2. The predicted octanol–water partition coefficient (Wildman–Crippen LogP) is 6.32. The van der Waals surface area contributed by atoms with Crippen LogP contribution in [0, 0.1) is 0 Å². The fourth-order valence-electron chi connectivity index (χ4n) is 3.10. The van der Waals surface area contributed by atoms with Crippen molar-refractivity contribution in [2.45, 2.75) is 33.3 Å². The minimum Gasteiger partial charge on any atom is -0.494 e. The van der Waals surface area contributed by atoms with Crippen LogP contribution in [0.4, 0.5) is 0 Å². The standard InChI is InChI=1S/C28H28Cl2N2O6/c1-4-14-36-22-10-7-20(8-11-22)28(34)38-25-12-6-19(15-26(25)35-5-2)17-31-32-27(33)18(3)37-24-13-9-21(29)16-23(24)30/h6-13,15-18H,4-5,14H2,1-3H3,(H,32,33)/b31-17-/t18-/m1/s1. The number of ether oxygens (including phenoxy) is 4. The molecule has 200 valence electrons. The highest BCUT2D eigenvalue weighted by molar-refractivity contribution is 6.35. The van der Waals surface area contributed by atoms with Gasteiger partial charge in [0.15, 0.2) is 17.6 Å². The quantitative estimate of drug-likeness (QED) is 0.121. The Morgan fingerprint density at radius 3 is 2.37 bits per heavy atom. The van der Waals surface area contributed by atoms with Crippen LogP contribution in [0.5, 0.6) is 23.0 Å². The molecule has 0 radical (unpaired) electrons. The molecule has 10 heteroatoms. The smallest absolute Gasteiger partial charge is 0.343 e. The second-order valence-corrected chi connectivity index (χ2v) is 8.81. The molecule has 0 spiro atoms. The Bertz CT molecular complexity index is 1280. The Morgan fingerprint density at radius 1 is 0.947 bits per heavy atom. The molecule has 0 aliphatic heterocycles. The van der Waals surface area contributed by atoms with Gasteiger partial charge in [0.05, 0.1) is 30.0 Å². The van der Waals surface area contributed by atoms with Gasteiger partial charge < -0.3 is 18.9 Å². The average molecular weight is 559 g/mol. The molecule has 3 rings (SSSR count). The van der Waals surface area contributed by atoms with Crippen LogP contribution in [-0.4, -0.2) is 37.4 Å². The van der Waals surface area contributed by atoms with E-state index >= 15 is 0 Å². The van der Waals surface area contributed by atoms with E-state index in [4.69, 9.17) is 42.1 Å². The Balaban J connectivity index is 1.61. The van der Waals surface area contributed by atoms with Gasteiger partial charge >= 0.3 is 5.97 Å². The van der Waals surface area contributed by atoms with E-state index in [0.29, 0.717) is 51.6 Å². The predicted molar refractivity (Wildman–Crippen MR) is 147 cm³/mol. The van der Waals surface area contributed by atoms with Crippen molar-refractivity contribution in [3.8, 4) is 23.0 Å². The van der Waals surface area contributed by atoms with Crippen molar-refractivity contribution in [2.24, 2.45) is 5.10 Å². The summed E-state index contributed by atoms with van der Waals surface area (Å²) in [7, 11) is 0. The first kappa shape index (κ1) is 28.8. The summed E-state index contributed by atoms with van der Waals surface area (Å²) in [4.78, 5) is 25.0. The molecule has 0 aliphatic rings. The molecule has 1 amide bonds. The van der Waals surface area contributed by atoms with E-state index in [-0.39, 0.29) is 5.75 Å². The van der Waals surface area contributed by atoms with Gasteiger partial charge in [0.1, 0.15) is 11.5 Å². The molecule has 0 saturated heterocycles. The summed E-state index contributed by atoms with van der Waals surface area (Å²) in [6.45, 7) is 6.36. The third-order valence-electron chi connectivity index (χ3n) is 4.99. The van der Waals surface area contributed by atoms with Crippen molar-refractivity contribution in [1.29, 1.82) is 0 Å². The molecule has 0 bridgehead atoms. The number of amides is 1. The first-order valence-corrected chi connectivity index (χ1v) is 12.7. The van der Waals surface area contributed by atoms with E-state index < -0.39 is 18.0 Å². The lowest BCUT2D eigenvalue weighted by molar-refractivity contribution is -0.127. The number of hydrazone groups is 1. The average Bonchev–Trinajstić information content (AvgIpc) is 2.90. The summed E-state index contributed by atoms with van der Waals surface area (Å²) in [5, 5.41) is 4.73. The SMILES string of the molecule is CCCOc1ccc(C(=O)Oc2ccc(/C=N\NC(=O)[C@@H](C)Oc3ccc(Cl)cc3Cl)cc2OCC)cc1. The molecular formula is C28H28Cl2N2O6. The third-order valence-corrected chi connectivity index (χ3v) is 5.52. The third kappa shape index (κ3) is 8.39. The molecule has 0 aliphatic carbocycles. The van der Waals surface area contributed by atoms with Crippen LogP contribution in [0.15, 0.2) is 65.8 Å². The lowest BCUT2D eigenvalue weighted by Gasteiger charge is -2.14. The van der Waals surface area contributed by atoms with Gasteiger partial charge in [-0.3, -0.25) is 4.79 Å².